The van der Waals surface area contributed by atoms with Crippen LogP contribution in [0.25, 0.3) is 0 Å². The molecule has 0 radical (unpaired) electrons. The first kappa shape index (κ1) is 11.7. The Kier molecular flexibility index (Phi) is 3.88. The topological polar surface area (TPSA) is 58.4 Å². The highest BCUT2D eigenvalue weighted by Crippen LogP contribution is 2.09. The number of benzene rings is 1. The van der Waals surface area contributed by atoms with Crippen molar-refractivity contribution >= 4 is 34.8 Å². The van der Waals surface area contributed by atoms with Gasteiger partial charge in [0.2, 0.25) is 0 Å². The summed E-state index contributed by atoms with van der Waals surface area (Å²) in [7, 11) is 1.57. The van der Waals surface area contributed by atoms with Crippen molar-refractivity contribution in [3.8, 4) is 0 Å². The van der Waals surface area contributed by atoms with Gasteiger partial charge >= 0.3 is 0 Å². The first-order valence-electron chi connectivity index (χ1n) is 4.10. The summed E-state index contributed by atoms with van der Waals surface area (Å²) < 4.78 is 0. The zero-order valence-electron chi connectivity index (χ0n) is 8.03. The third kappa shape index (κ3) is 3.38. The van der Waals surface area contributed by atoms with Crippen molar-refractivity contribution < 1.29 is 4.79 Å². The number of hydrazine groups is 1. The van der Waals surface area contributed by atoms with E-state index >= 15 is 0 Å². The lowest BCUT2D eigenvalue weighted by Crippen LogP contribution is -2.45. The molecule has 1 amide bonds. The molecule has 1 aromatic rings. The molecular formula is C9H10ClN3OS. The minimum absolute atomic E-state index is 0.0947. The van der Waals surface area contributed by atoms with Crippen LogP contribution in [0.2, 0.25) is 5.02 Å². The van der Waals surface area contributed by atoms with Crippen LogP contribution in [-0.4, -0.2) is 23.1 Å². The van der Waals surface area contributed by atoms with Crippen LogP contribution >= 0.6 is 23.8 Å². The molecule has 15 heavy (non-hydrogen) atoms. The van der Waals surface area contributed by atoms with E-state index in [9.17, 15) is 4.79 Å². The molecule has 1 aromatic carbocycles. The first-order chi connectivity index (χ1) is 7.00. The second-order valence-electron chi connectivity index (χ2n) is 2.85. The highest BCUT2D eigenvalue weighted by atomic mass is 35.5. The molecule has 0 aliphatic heterocycles. The summed E-state index contributed by atoms with van der Waals surface area (Å²) in [6.45, 7) is 0. The number of thiocarbonyl (C=S) groups is 1. The van der Waals surface area contributed by atoms with Gasteiger partial charge in [-0.3, -0.25) is 15.2 Å². The van der Waals surface area contributed by atoms with Gasteiger partial charge in [0.1, 0.15) is 0 Å². The van der Waals surface area contributed by atoms with Crippen LogP contribution in [0, 0.1) is 0 Å². The highest BCUT2D eigenvalue weighted by Gasteiger charge is 2.07. The zero-order chi connectivity index (χ0) is 11.4. The van der Waals surface area contributed by atoms with E-state index in [0.29, 0.717) is 10.6 Å². The number of halogens is 1. The van der Waals surface area contributed by atoms with Gasteiger partial charge in [0.15, 0.2) is 5.11 Å². The second kappa shape index (κ2) is 4.95. The molecule has 0 aliphatic rings. The predicted molar refractivity (Wildman–Crippen MR) is 63.5 cm³/mol. The van der Waals surface area contributed by atoms with Gasteiger partial charge in [-0.15, -0.1) is 0 Å². The van der Waals surface area contributed by atoms with Crippen LogP contribution in [0.5, 0.6) is 0 Å². The number of nitrogens with zero attached hydrogens (tertiary/aromatic N) is 1. The molecule has 0 aromatic heterocycles. The number of amides is 1. The minimum atomic E-state index is -0.290. The van der Waals surface area contributed by atoms with Gasteiger partial charge in [-0.05, 0) is 36.5 Å². The summed E-state index contributed by atoms with van der Waals surface area (Å²) in [4.78, 5) is 11.6. The number of hydrogen-bond donors (Lipinski definition) is 2. The monoisotopic (exact) mass is 243 g/mol. The Morgan fingerprint density at radius 1 is 1.47 bits per heavy atom. The Bertz CT molecular complexity index is 379. The Hall–Kier alpha value is -1.33. The van der Waals surface area contributed by atoms with E-state index in [4.69, 9.17) is 17.3 Å². The molecule has 80 valence electrons. The maximum Gasteiger partial charge on any atom is 0.269 e. The molecule has 1 rings (SSSR count). The molecule has 0 saturated carbocycles. The fourth-order valence-corrected chi connectivity index (χ4v) is 1.04. The van der Waals surface area contributed by atoms with Crippen LogP contribution in [0.3, 0.4) is 0 Å². The Balaban J connectivity index is 2.69. The van der Waals surface area contributed by atoms with E-state index in [1.807, 2.05) is 0 Å². The molecule has 0 unspecified atom stereocenters. The van der Waals surface area contributed by atoms with E-state index in [0.717, 1.165) is 0 Å². The lowest BCUT2D eigenvalue weighted by atomic mass is 10.2. The van der Waals surface area contributed by atoms with E-state index in [1.54, 1.807) is 31.3 Å². The van der Waals surface area contributed by atoms with E-state index in [2.05, 4.69) is 17.6 Å². The smallest absolute Gasteiger partial charge is 0.269 e. The Labute approximate surface area is 98.0 Å². The van der Waals surface area contributed by atoms with Gasteiger partial charge in [-0.25, -0.2) is 0 Å². The van der Waals surface area contributed by atoms with Crippen molar-refractivity contribution in [3.05, 3.63) is 34.9 Å². The Morgan fingerprint density at radius 2 is 2.00 bits per heavy atom. The van der Waals surface area contributed by atoms with Crippen LogP contribution in [0.4, 0.5) is 0 Å². The van der Waals surface area contributed by atoms with Gasteiger partial charge in [0.05, 0.1) is 0 Å². The molecule has 0 saturated heterocycles. The maximum atomic E-state index is 11.6. The van der Waals surface area contributed by atoms with E-state index in [1.165, 1.54) is 5.01 Å². The number of carbonyl (C=O) groups excluding carboxylic acids is 1. The number of nitrogens with two attached hydrogens (primary N) is 1. The first-order valence-corrected chi connectivity index (χ1v) is 4.89. The van der Waals surface area contributed by atoms with Crippen molar-refractivity contribution in [2.45, 2.75) is 0 Å². The van der Waals surface area contributed by atoms with Crippen molar-refractivity contribution in [2.75, 3.05) is 7.05 Å². The average molecular weight is 244 g/mol. The third-order valence-electron chi connectivity index (χ3n) is 1.71. The Morgan fingerprint density at radius 3 is 2.47 bits per heavy atom. The SMILES string of the molecule is CN(NC(=O)c1ccc(Cl)cc1)C(N)=S. The zero-order valence-corrected chi connectivity index (χ0v) is 9.60. The summed E-state index contributed by atoms with van der Waals surface area (Å²) in [6, 6.07) is 6.50. The normalized spacial score (nSPS) is 9.47. The molecule has 4 nitrogen and oxygen atoms in total. The summed E-state index contributed by atoms with van der Waals surface area (Å²) in [5, 5.41) is 1.94. The predicted octanol–water partition coefficient (Wildman–Crippen LogP) is 1.16. The molecule has 0 atom stereocenters. The van der Waals surface area contributed by atoms with Gasteiger partial charge < -0.3 is 5.73 Å². The van der Waals surface area contributed by atoms with Crippen molar-refractivity contribution in [2.24, 2.45) is 5.73 Å². The van der Waals surface area contributed by atoms with E-state index < -0.39 is 0 Å². The molecule has 0 aliphatic carbocycles. The second-order valence-corrected chi connectivity index (χ2v) is 3.70. The lowest BCUT2D eigenvalue weighted by molar-refractivity contribution is 0.0888. The van der Waals surface area contributed by atoms with Crippen LogP contribution in [0.15, 0.2) is 24.3 Å². The standard InChI is InChI=1S/C9H10ClN3OS/c1-13(9(11)15)12-8(14)6-2-4-7(10)5-3-6/h2-5H,1H3,(H2,11,15)(H,12,14). The van der Waals surface area contributed by atoms with Crippen molar-refractivity contribution in [1.29, 1.82) is 0 Å². The molecule has 3 N–H and O–H groups in total. The van der Waals surface area contributed by atoms with Gasteiger partial charge in [0, 0.05) is 17.6 Å². The fourth-order valence-electron chi connectivity index (χ4n) is 0.873. The van der Waals surface area contributed by atoms with Crippen LogP contribution in [-0.2, 0) is 0 Å². The minimum Gasteiger partial charge on any atom is -0.375 e. The molecule has 0 fully saturated rings. The lowest BCUT2D eigenvalue weighted by Gasteiger charge is -2.17. The molecule has 6 heteroatoms. The van der Waals surface area contributed by atoms with Crippen molar-refractivity contribution in [1.82, 2.24) is 10.4 Å². The summed E-state index contributed by atoms with van der Waals surface area (Å²) in [6.07, 6.45) is 0. The molecular weight excluding hydrogens is 234 g/mol. The summed E-state index contributed by atoms with van der Waals surface area (Å²) in [5.41, 5.74) is 8.30. The van der Waals surface area contributed by atoms with Crippen LogP contribution in [0.1, 0.15) is 10.4 Å². The largest absolute Gasteiger partial charge is 0.375 e. The fraction of sp³-hybridized carbons (Fsp3) is 0.111. The number of rotatable bonds is 1. The molecule has 0 heterocycles. The van der Waals surface area contributed by atoms with Gasteiger partial charge in [-0.2, -0.15) is 0 Å². The number of carbonyl (C=O) groups is 1. The summed E-state index contributed by atoms with van der Waals surface area (Å²) >= 11 is 10.4. The molecule has 0 bridgehead atoms. The number of nitrogens with one attached hydrogen (secondary N) is 1. The maximum absolute atomic E-state index is 11.6. The summed E-state index contributed by atoms with van der Waals surface area (Å²) in [5.74, 6) is -0.290. The quantitative estimate of drug-likeness (QED) is 0.574. The third-order valence-corrected chi connectivity index (χ3v) is 2.23. The highest BCUT2D eigenvalue weighted by molar-refractivity contribution is 7.80. The number of hydrogen-bond acceptors (Lipinski definition) is 2. The van der Waals surface area contributed by atoms with Gasteiger partial charge in [0.25, 0.3) is 5.91 Å². The van der Waals surface area contributed by atoms with Crippen molar-refractivity contribution in [3.63, 3.8) is 0 Å². The van der Waals surface area contributed by atoms with Gasteiger partial charge in [-0.1, -0.05) is 11.6 Å². The molecule has 0 spiro atoms. The van der Waals surface area contributed by atoms with E-state index in [-0.39, 0.29) is 11.0 Å². The van der Waals surface area contributed by atoms with Crippen LogP contribution < -0.4 is 11.2 Å². The average Bonchev–Trinajstić information content (AvgIpc) is 2.18.